The van der Waals surface area contributed by atoms with Gasteiger partial charge >= 0.3 is 12.1 Å². The van der Waals surface area contributed by atoms with Crippen LogP contribution in [0.2, 0.25) is 0 Å². The van der Waals surface area contributed by atoms with Crippen molar-refractivity contribution in [2.24, 2.45) is 4.99 Å². The third-order valence-electron chi connectivity index (χ3n) is 6.18. The van der Waals surface area contributed by atoms with Crippen molar-refractivity contribution in [3.8, 4) is 5.75 Å². The Labute approximate surface area is 235 Å². The lowest BCUT2D eigenvalue weighted by atomic mass is 10.2. The zero-order valence-corrected chi connectivity index (χ0v) is 24.0. The van der Waals surface area contributed by atoms with Crippen LogP contribution < -0.4 is 9.54 Å². The fourth-order valence-electron chi connectivity index (χ4n) is 4.23. The van der Waals surface area contributed by atoms with E-state index in [-0.39, 0.29) is 61.2 Å². The first-order valence-corrected chi connectivity index (χ1v) is 14.9. The Balaban J connectivity index is 1.57. The quantitative estimate of drug-likeness (QED) is 0.365. The van der Waals surface area contributed by atoms with E-state index in [2.05, 4.69) is 4.99 Å². The molecule has 1 fully saturated rings. The van der Waals surface area contributed by atoms with Gasteiger partial charge in [-0.05, 0) is 50.2 Å². The first-order chi connectivity index (χ1) is 19.2. The van der Waals surface area contributed by atoms with Crippen molar-refractivity contribution in [1.29, 1.82) is 0 Å². The number of benzene rings is 2. The highest BCUT2D eigenvalue weighted by molar-refractivity contribution is 7.89. The molecule has 0 radical (unpaired) electrons. The number of rotatable bonds is 8. The molecule has 0 atom stereocenters. The van der Waals surface area contributed by atoms with E-state index < -0.39 is 28.0 Å². The van der Waals surface area contributed by atoms with E-state index >= 15 is 0 Å². The second-order valence-electron chi connectivity index (χ2n) is 8.61. The maximum Gasteiger partial charge on any atom is 0.409 e. The van der Waals surface area contributed by atoms with E-state index in [1.165, 1.54) is 51.9 Å². The molecule has 2 heterocycles. The molecule has 4 rings (SSSR count). The molecule has 0 saturated carbocycles. The fourth-order valence-corrected chi connectivity index (χ4v) is 6.69. The number of sulfonamides is 1. The van der Waals surface area contributed by atoms with Crippen LogP contribution in [0.5, 0.6) is 5.75 Å². The van der Waals surface area contributed by atoms with Gasteiger partial charge in [0.05, 0.1) is 29.9 Å². The van der Waals surface area contributed by atoms with Crippen LogP contribution >= 0.6 is 11.3 Å². The van der Waals surface area contributed by atoms with Gasteiger partial charge in [0, 0.05) is 31.7 Å². The van der Waals surface area contributed by atoms with Gasteiger partial charge in [-0.3, -0.25) is 9.59 Å². The molecule has 1 aromatic heterocycles. The summed E-state index contributed by atoms with van der Waals surface area (Å²) in [5.41, 5.74) is 0.789. The molecule has 2 aromatic carbocycles. The lowest BCUT2D eigenvalue weighted by molar-refractivity contribution is -0.143. The van der Waals surface area contributed by atoms with Crippen LogP contribution in [-0.2, 0) is 30.8 Å². The summed E-state index contributed by atoms with van der Waals surface area (Å²) >= 11 is 1.22. The predicted octanol–water partition coefficient (Wildman–Crippen LogP) is 2.48. The lowest BCUT2D eigenvalue weighted by Crippen LogP contribution is -2.50. The number of hydrogen-bond donors (Lipinski definition) is 0. The van der Waals surface area contributed by atoms with Crippen LogP contribution in [0.15, 0.2) is 52.4 Å². The Kier molecular flexibility index (Phi) is 9.22. The Morgan fingerprint density at radius 1 is 0.950 bits per heavy atom. The predicted molar refractivity (Wildman–Crippen MR) is 147 cm³/mol. The Morgan fingerprint density at radius 3 is 2.25 bits per heavy atom. The summed E-state index contributed by atoms with van der Waals surface area (Å²) in [6.07, 6.45) is -0.466. The van der Waals surface area contributed by atoms with E-state index in [4.69, 9.17) is 14.2 Å². The highest BCUT2D eigenvalue weighted by Gasteiger charge is 2.30. The average molecular weight is 591 g/mol. The van der Waals surface area contributed by atoms with Gasteiger partial charge in [0.2, 0.25) is 10.0 Å². The molecule has 1 saturated heterocycles. The molecule has 0 N–H and O–H groups in total. The number of carbonyl (C=O) groups is 3. The van der Waals surface area contributed by atoms with E-state index in [1.54, 1.807) is 30.5 Å². The monoisotopic (exact) mass is 590 g/mol. The minimum Gasteiger partial charge on any atom is -0.495 e. The third kappa shape index (κ3) is 6.18. The van der Waals surface area contributed by atoms with Gasteiger partial charge in [0.15, 0.2) is 4.80 Å². The minimum absolute atomic E-state index is 0.0256. The van der Waals surface area contributed by atoms with Gasteiger partial charge in [-0.25, -0.2) is 13.2 Å². The van der Waals surface area contributed by atoms with Crippen molar-refractivity contribution >= 4 is 49.5 Å². The summed E-state index contributed by atoms with van der Waals surface area (Å²) in [4.78, 5) is 43.3. The normalized spacial score (nSPS) is 14.8. The topological polar surface area (TPSA) is 137 Å². The first kappa shape index (κ1) is 29.2. The van der Waals surface area contributed by atoms with Crippen LogP contribution in [0.3, 0.4) is 0 Å². The lowest BCUT2D eigenvalue weighted by Gasteiger charge is -2.33. The number of hydrogen-bond acceptors (Lipinski definition) is 9. The van der Waals surface area contributed by atoms with Crippen molar-refractivity contribution in [3.63, 3.8) is 0 Å². The molecule has 14 heteroatoms. The first-order valence-electron chi connectivity index (χ1n) is 12.6. The van der Waals surface area contributed by atoms with Crippen LogP contribution in [0.1, 0.15) is 24.2 Å². The van der Waals surface area contributed by atoms with Crippen LogP contribution in [0.4, 0.5) is 4.79 Å². The molecule has 40 heavy (non-hydrogen) atoms. The number of ether oxygens (including phenoxy) is 3. The summed E-state index contributed by atoms with van der Waals surface area (Å²) in [6, 6.07) is 10.9. The van der Waals surface area contributed by atoms with Gasteiger partial charge in [0.25, 0.3) is 5.91 Å². The highest BCUT2D eigenvalue weighted by atomic mass is 32.2. The van der Waals surface area contributed by atoms with Gasteiger partial charge in [-0.1, -0.05) is 17.4 Å². The van der Waals surface area contributed by atoms with Crippen LogP contribution in [-0.4, -0.2) is 86.7 Å². The van der Waals surface area contributed by atoms with Gasteiger partial charge in [-0.15, -0.1) is 0 Å². The molecule has 0 spiro atoms. The van der Waals surface area contributed by atoms with Crippen LogP contribution in [0, 0.1) is 0 Å². The van der Waals surface area contributed by atoms with Crippen LogP contribution in [0.25, 0.3) is 10.2 Å². The molecular weight excluding hydrogens is 560 g/mol. The standard InChI is InChI=1S/C26H30N4O8S2/c1-4-37-22(31)17-30-23-20(36-3)7-6-8-21(23)39-25(30)27-24(32)18-9-11-19(12-10-18)40(34,35)29-15-13-28(14-16-29)26(33)38-5-2/h6-12H,4-5,13-17H2,1-3H3. The molecule has 2 amide bonds. The molecular formula is C26H30N4O8S2. The van der Waals surface area contributed by atoms with Gasteiger partial charge in [0.1, 0.15) is 17.8 Å². The molecule has 3 aromatic rings. The molecule has 1 aliphatic rings. The Hall–Kier alpha value is -3.75. The number of para-hydroxylation sites is 1. The van der Waals surface area contributed by atoms with Crippen molar-refractivity contribution in [2.45, 2.75) is 25.3 Å². The zero-order chi connectivity index (χ0) is 28.9. The third-order valence-corrected chi connectivity index (χ3v) is 9.13. The molecule has 0 aliphatic carbocycles. The molecule has 0 unspecified atom stereocenters. The summed E-state index contributed by atoms with van der Waals surface area (Å²) in [5.74, 6) is -0.570. The number of aromatic nitrogens is 1. The summed E-state index contributed by atoms with van der Waals surface area (Å²) in [5, 5.41) is 0. The smallest absolute Gasteiger partial charge is 0.409 e. The van der Waals surface area contributed by atoms with Gasteiger partial charge in [-0.2, -0.15) is 9.30 Å². The molecule has 12 nitrogen and oxygen atoms in total. The number of fused-ring (bicyclic) bond motifs is 1. The number of nitrogens with zero attached hydrogens (tertiary/aromatic N) is 4. The number of methoxy groups -OCH3 is 1. The number of amides is 2. The molecule has 214 valence electrons. The summed E-state index contributed by atoms with van der Waals surface area (Å²) in [7, 11) is -2.32. The molecule has 0 bridgehead atoms. The Morgan fingerprint density at radius 2 is 1.62 bits per heavy atom. The number of esters is 1. The van der Waals surface area contributed by atoms with E-state index in [0.29, 0.717) is 11.3 Å². The fraction of sp³-hybridized carbons (Fsp3) is 0.385. The van der Waals surface area contributed by atoms with Gasteiger partial charge < -0.3 is 23.7 Å². The second-order valence-corrected chi connectivity index (χ2v) is 11.6. The van der Waals surface area contributed by atoms with Crippen molar-refractivity contribution in [2.75, 3.05) is 46.5 Å². The van der Waals surface area contributed by atoms with E-state index in [9.17, 15) is 22.8 Å². The Bertz CT molecular complexity index is 1570. The van der Waals surface area contributed by atoms with Crippen molar-refractivity contribution in [3.05, 3.63) is 52.8 Å². The van der Waals surface area contributed by atoms with Crippen molar-refractivity contribution in [1.82, 2.24) is 13.8 Å². The highest BCUT2D eigenvalue weighted by Crippen LogP contribution is 2.27. The molecule has 1 aliphatic heterocycles. The second kappa shape index (κ2) is 12.6. The number of piperazine rings is 1. The SMILES string of the molecule is CCOC(=O)Cn1c(=NC(=O)c2ccc(S(=O)(=O)N3CCN(C(=O)OCC)CC3)cc2)sc2cccc(OC)c21. The zero-order valence-electron chi connectivity index (χ0n) is 22.4. The average Bonchev–Trinajstić information content (AvgIpc) is 3.30. The van der Waals surface area contributed by atoms with E-state index in [1.807, 2.05) is 6.07 Å². The minimum atomic E-state index is -3.83. The van der Waals surface area contributed by atoms with Crippen molar-refractivity contribution < 1.29 is 37.0 Å². The number of thiazole rings is 1. The maximum absolute atomic E-state index is 13.1. The summed E-state index contributed by atoms with van der Waals surface area (Å²) < 4.78 is 45.5. The summed E-state index contributed by atoms with van der Waals surface area (Å²) in [6.45, 7) is 4.41. The number of carbonyl (C=O) groups excluding carboxylic acids is 3. The largest absolute Gasteiger partial charge is 0.495 e. The maximum atomic E-state index is 13.1. The van der Waals surface area contributed by atoms with E-state index in [0.717, 1.165) is 4.70 Å².